The summed E-state index contributed by atoms with van der Waals surface area (Å²) < 4.78 is 50.9. The third kappa shape index (κ3) is 2.87. The molecule has 1 aromatic carbocycles. The lowest BCUT2D eigenvalue weighted by Crippen LogP contribution is -2.17. The van der Waals surface area contributed by atoms with Crippen LogP contribution in [0.2, 0.25) is 0 Å². The number of halogens is 2. The van der Waals surface area contributed by atoms with Crippen LogP contribution in [0.4, 0.5) is 8.78 Å². The van der Waals surface area contributed by atoms with Crippen LogP contribution in [0.5, 0.6) is 0 Å². The number of fused-ring (bicyclic) bond motifs is 1. The maximum atomic E-state index is 13.3. The molecule has 2 rings (SSSR count). The third-order valence-electron chi connectivity index (χ3n) is 3.12. The molecule has 6 nitrogen and oxygen atoms in total. The van der Waals surface area contributed by atoms with E-state index >= 15 is 0 Å². The zero-order chi connectivity index (χ0) is 15.9. The fourth-order valence-electron chi connectivity index (χ4n) is 1.94. The molecule has 9 heteroatoms. The van der Waals surface area contributed by atoms with E-state index in [4.69, 9.17) is 5.11 Å². The number of carboxylic acids is 1. The van der Waals surface area contributed by atoms with E-state index in [1.807, 2.05) is 0 Å². The number of sulfone groups is 1. The fourth-order valence-corrected chi connectivity index (χ4v) is 2.50. The smallest absolute Gasteiger partial charge is 0.323 e. The van der Waals surface area contributed by atoms with Crippen molar-refractivity contribution < 1.29 is 27.1 Å². The zero-order valence-electron chi connectivity index (χ0n) is 11.2. The number of carbonyl (C=O) groups is 1. The molecule has 1 unspecified atom stereocenters. The first kappa shape index (κ1) is 15.4. The van der Waals surface area contributed by atoms with Crippen molar-refractivity contribution in [1.82, 2.24) is 9.55 Å². The quantitative estimate of drug-likeness (QED) is 0.923. The monoisotopic (exact) mass is 318 g/mol. The number of nitrogens with zero attached hydrogens (tertiary/aromatic N) is 2. The Bertz CT molecular complexity index is 829. The van der Waals surface area contributed by atoms with Crippen molar-refractivity contribution in [3.8, 4) is 0 Å². The molecule has 0 amide bonds. The summed E-state index contributed by atoms with van der Waals surface area (Å²) in [7, 11) is -3.55. The number of hydrogen-bond acceptors (Lipinski definition) is 4. The van der Waals surface area contributed by atoms with E-state index in [0.717, 1.165) is 23.0 Å². The lowest BCUT2D eigenvalue weighted by molar-refractivity contribution is -0.137. The van der Waals surface area contributed by atoms with Gasteiger partial charge in [-0.2, -0.15) is 0 Å². The van der Waals surface area contributed by atoms with E-state index < -0.39 is 39.2 Å². The topological polar surface area (TPSA) is 89.3 Å². The molecular formula is C12H12F2N2O4S. The van der Waals surface area contributed by atoms with Crippen molar-refractivity contribution in [3.63, 3.8) is 0 Å². The molecule has 0 radical (unpaired) electrons. The molecule has 1 heterocycles. The number of imidazole rings is 1. The highest BCUT2D eigenvalue weighted by molar-refractivity contribution is 7.90. The summed E-state index contributed by atoms with van der Waals surface area (Å²) in [5.41, 5.74) is 0.0300. The molecule has 2 aromatic rings. The maximum absolute atomic E-state index is 13.3. The molecule has 1 N–H and O–H groups in total. The standard InChI is InChI=1S/C12H12F2N2O4S/c1-6(21(2,19)20)12-15-9-3-7(13)8(14)4-10(9)16(12)5-11(17)18/h3-4,6H,5H2,1-2H3,(H,17,18). The molecule has 0 aliphatic rings. The van der Waals surface area contributed by atoms with Gasteiger partial charge in [-0.05, 0) is 6.92 Å². The Kier molecular flexibility index (Phi) is 3.70. The molecule has 0 saturated carbocycles. The number of hydrogen-bond donors (Lipinski definition) is 1. The molecule has 21 heavy (non-hydrogen) atoms. The molecule has 0 fully saturated rings. The lowest BCUT2D eigenvalue weighted by Gasteiger charge is -2.11. The molecule has 1 aromatic heterocycles. The van der Waals surface area contributed by atoms with Crippen molar-refractivity contribution in [1.29, 1.82) is 0 Å². The van der Waals surface area contributed by atoms with E-state index in [2.05, 4.69) is 4.98 Å². The highest BCUT2D eigenvalue weighted by Gasteiger charge is 2.26. The summed E-state index contributed by atoms with van der Waals surface area (Å²) >= 11 is 0. The van der Waals surface area contributed by atoms with Crippen LogP contribution in [0.15, 0.2) is 12.1 Å². The average molecular weight is 318 g/mol. The second-order valence-corrected chi connectivity index (χ2v) is 7.04. The van der Waals surface area contributed by atoms with Crippen LogP contribution in [-0.2, 0) is 21.2 Å². The van der Waals surface area contributed by atoms with E-state index in [0.29, 0.717) is 0 Å². The molecule has 0 spiro atoms. The van der Waals surface area contributed by atoms with Gasteiger partial charge in [0.25, 0.3) is 0 Å². The Morgan fingerprint density at radius 3 is 2.48 bits per heavy atom. The summed E-state index contributed by atoms with van der Waals surface area (Å²) in [4.78, 5) is 14.9. The van der Waals surface area contributed by atoms with Gasteiger partial charge in [-0.3, -0.25) is 4.79 Å². The van der Waals surface area contributed by atoms with Gasteiger partial charge in [-0.1, -0.05) is 0 Å². The van der Waals surface area contributed by atoms with Gasteiger partial charge in [0.2, 0.25) is 0 Å². The Morgan fingerprint density at radius 1 is 1.38 bits per heavy atom. The summed E-state index contributed by atoms with van der Waals surface area (Å²) in [6.45, 7) is 0.735. The van der Waals surface area contributed by atoms with Gasteiger partial charge in [0, 0.05) is 18.4 Å². The number of aliphatic carboxylic acids is 1. The first-order chi connectivity index (χ1) is 9.61. The van der Waals surface area contributed by atoms with Crippen molar-refractivity contribution in [2.45, 2.75) is 18.7 Å². The van der Waals surface area contributed by atoms with Crippen LogP contribution >= 0.6 is 0 Å². The van der Waals surface area contributed by atoms with Crippen molar-refractivity contribution in [2.24, 2.45) is 0 Å². The Hall–Kier alpha value is -2.03. The second kappa shape index (κ2) is 5.06. The second-order valence-electron chi connectivity index (χ2n) is 4.68. The van der Waals surface area contributed by atoms with Gasteiger partial charge < -0.3 is 9.67 Å². The normalized spacial score (nSPS) is 13.5. The van der Waals surface area contributed by atoms with Crippen LogP contribution in [0.25, 0.3) is 11.0 Å². The van der Waals surface area contributed by atoms with Gasteiger partial charge in [-0.15, -0.1) is 0 Å². The lowest BCUT2D eigenvalue weighted by atomic mass is 10.3. The van der Waals surface area contributed by atoms with Crippen molar-refractivity contribution in [2.75, 3.05) is 6.26 Å². The molecule has 0 bridgehead atoms. The predicted molar refractivity (Wildman–Crippen MR) is 70.5 cm³/mol. The minimum absolute atomic E-state index is 0.000602. The van der Waals surface area contributed by atoms with Crippen molar-refractivity contribution >= 4 is 26.8 Å². The largest absolute Gasteiger partial charge is 0.480 e. The van der Waals surface area contributed by atoms with Crippen LogP contribution in [0.3, 0.4) is 0 Å². The highest BCUT2D eigenvalue weighted by Crippen LogP contribution is 2.26. The van der Waals surface area contributed by atoms with Crippen LogP contribution in [0.1, 0.15) is 18.0 Å². The summed E-state index contributed by atoms with van der Waals surface area (Å²) in [6.07, 6.45) is 0.975. The Labute approximate surface area is 118 Å². The van der Waals surface area contributed by atoms with Gasteiger partial charge in [-0.25, -0.2) is 22.2 Å². The molecular weight excluding hydrogens is 306 g/mol. The molecule has 0 aliphatic heterocycles. The third-order valence-corrected chi connectivity index (χ3v) is 4.61. The molecule has 1 atom stereocenters. The SMILES string of the molecule is CC(c1nc2cc(F)c(F)cc2n1CC(=O)O)S(C)(=O)=O. The summed E-state index contributed by atoms with van der Waals surface area (Å²) in [5.74, 6) is -3.62. The Balaban J connectivity index is 2.77. The van der Waals surface area contributed by atoms with Gasteiger partial charge in [0.15, 0.2) is 21.5 Å². The molecule has 0 saturated heterocycles. The van der Waals surface area contributed by atoms with Gasteiger partial charge in [0.1, 0.15) is 17.6 Å². The van der Waals surface area contributed by atoms with Crippen LogP contribution < -0.4 is 0 Å². The fraction of sp³-hybridized carbons (Fsp3) is 0.333. The van der Waals surface area contributed by atoms with Gasteiger partial charge >= 0.3 is 5.97 Å². The first-order valence-electron chi connectivity index (χ1n) is 5.87. The van der Waals surface area contributed by atoms with Crippen LogP contribution in [0, 0.1) is 11.6 Å². The van der Waals surface area contributed by atoms with Crippen LogP contribution in [-0.4, -0.2) is 35.3 Å². The molecule has 114 valence electrons. The minimum Gasteiger partial charge on any atom is -0.480 e. The number of rotatable bonds is 4. The predicted octanol–water partition coefficient (Wildman–Crippen LogP) is 1.50. The van der Waals surface area contributed by atoms with E-state index in [-0.39, 0.29) is 16.9 Å². The number of carboxylic acid groups (broad SMARTS) is 1. The zero-order valence-corrected chi connectivity index (χ0v) is 12.0. The summed E-state index contributed by atoms with van der Waals surface area (Å²) in [5, 5.41) is 7.81. The summed E-state index contributed by atoms with van der Waals surface area (Å²) in [6, 6.07) is 1.61. The van der Waals surface area contributed by atoms with E-state index in [1.165, 1.54) is 6.92 Å². The van der Waals surface area contributed by atoms with E-state index in [9.17, 15) is 22.0 Å². The van der Waals surface area contributed by atoms with Gasteiger partial charge in [0.05, 0.1) is 11.0 Å². The van der Waals surface area contributed by atoms with Crippen molar-refractivity contribution in [3.05, 3.63) is 29.6 Å². The van der Waals surface area contributed by atoms with E-state index in [1.54, 1.807) is 0 Å². The highest BCUT2D eigenvalue weighted by atomic mass is 32.2. The number of benzene rings is 1. The minimum atomic E-state index is -3.55. The molecule has 0 aliphatic carbocycles. The first-order valence-corrected chi connectivity index (χ1v) is 7.82. The Morgan fingerprint density at radius 2 is 1.95 bits per heavy atom. The number of aromatic nitrogens is 2. The maximum Gasteiger partial charge on any atom is 0.323 e. The average Bonchev–Trinajstić information content (AvgIpc) is 2.65.